The first kappa shape index (κ1) is 108. The van der Waals surface area contributed by atoms with E-state index in [9.17, 15) is 36.0 Å². The Morgan fingerprint density at radius 1 is 0.475 bits per heavy atom. The molecule has 9 amide bonds. The highest BCUT2D eigenvalue weighted by Gasteiger charge is 2.44. The lowest BCUT2D eigenvalue weighted by molar-refractivity contribution is -0.136. The van der Waals surface area contributed by atoms with Gasteiger partial charge >= 0.3 is 0 Å². The molecule has 33 nitrogen and oxygen atoms in total. The van der Waals surface area contributed by atoms with Crippen molar-refractivity contribution in [2.45, 2.75) is 230 Å². The molecular weight excluding hydrogens is 1830 g/mol. The molecule has 0 spiro atoms. The van der Waals surface area contributed by atoms with Gasteiger partial charge in [0, 0.05) is 73.8 Å². The van der Waals surface area contributed by atoms with E-state index in [-0.39, 0.29) is 86.0 Å². The molecule has 1 unspecified atom stereocenters. The fourth-order valence-corrected chi connectivity index (χ4v) is 22.0. The molecule has 0 saturated carbocycles. The quantitative estimate of drug-likeness (QED) is 0.00731. The molecule has 746 valence electrons. The number of sulfonamides is 2. The SMILES string of the molecule is COc1ccc(C(NC(=O)CCNC(=O)[C@H](CSC(c2ccccc2)(c2ccccc2)c2ccccc2)NC(=O)[C@@H](NC(=O)[C@H](CCCNC(=N)NS(=O)(=O)c2c(C)c(C)c3c(c2C)CC(C)(C)O3)NC(=O)[C@H](CCCNC(=N)NS(=O)(=O)c2c(C)c(C)c3c(c2C)CC(C)(C)O3)NC(=O)[C@H](CC(C)C)NC(=O)[C@@H](Cc2ccccc2)NC(=O)CNC(=O)CN)C(C)C)c2ccc(C)cc2)c(OC)c1. The van der Waals surface area contributed by atoms with E-state index in [1.165, 1.54) is 26.0 Å². The van der Waals surface area contributed by atoms with E-state index in [1.54, 1.807) is 118 Å². The maximum absolute atomic E-state index is 15.8. The number of fused-ring (bicyclic) bond motifs is 2. The van der Waals surface area contributed by atoms with Crippen LogP contribution in [0.25, 0.3) is 0 Å². The maximum Gasteiger partial charge on any atom is 0.264 e. The number of benzene rings is 8. The number of methoxy groups -OCH3 is 2. The van der Waals surface area contributed by atoms with Crippen LogP contribution in [0.5, 0.6) is 23.0 Å². The van der Waals surface area contributed by atoms with E-state index in [1.807, 2.05) is 150 Å². The Morgan fingerprint density at radius 2 is 0.928 bits per heavy atom. The van der Waals surface area contributed by atoms with Crippen molar-refractivity contribution in [2.24, 2.45) is 17.6 Å². The molecule has 2 aliphatic rings. The molecule has 17 N–H and O–H groups in total. The van der Waals surface area contributed by atoms with E-state index >= 15 is 24.0 Å². The molecule has 139 heavy (non-hydrogen) atoms. The smallest absolute Gasteiger partial charge is 0.264 e. The fourth-order valence-electron chi connectivity index (χ4n) is 17.4. The maximum atomic E-state index is 15.8. The molecule has 0 aromatic heterocycles. The molecule has 0 bridgehead atoms. The largest absolute Gasteiger partial charge is 0.497 e. The van der Waals surface area contributed by atoms with Gasteiger partial charge in [0.1, 0.15) is 70.5 Å². The molecule has 0 saturated heterocycles. The minimum absolute atomic E-state index is 0.0324. The van der Waals surface area contributed by atoms with Gasteiger partial charge in [-0.1, -0.05) is 179 Å². The van der Waals surface area contributed by atoms with Crippen LogP contribution < -0.4 is 92.6 Å². The molecule has 0 aliphatic carbocycles. The van der Waals surface area contributed by atoms with Crippen LogP contribution in [0.3, 0.4) is 0 Å². The van der Waals surface area contributed by atoms with E-state index in [4.69, 9.17) is 35.5 Å². The average Bonchev–Trinajstić information content (AvgIpc) is 1.75. The van der Waals surface area contributed by atoms with Crippen molar-refractivity contribution in [1.82, 2.24) is 67.9 Å². The topological polar surface area (TPSA) is 489 Å². The lowest BCUT2D eigenvalue weighted by atomic mass is 9.84. The van der Waals surface area contributed by atoms with Gasteiger partial charge < -0.3 is 83.2 Å². The Kier molecular flexibility index (Phi) is 37.3. The Hall–Kier alpha value is -13.1. The van der Waals surface area contributed by atoms with Gasteiger partial charge in [-0.25, -0.2) is 26.3 Å². The number of carbonyl (C=O) groups is 9. The standard InChI is InChI=1S/C103H134N16O17S3/c1-60(2)52-80(114-97(127)81(53-69-32-22-18-23-33-69)111-86(122)58-110-85(121)57-104)96(126)113-78(40-30-49-108-99(105)118-138(129,130)91-65(8)63(6)89-76(67(91)10)55-101(12,13)135-89)94(124)112-79(41-31-50-109-100(106)119-139(131,132)92-66(9)64(7)90-77(68(92)11)56-102(14,15)136-90)95(125)117-87(61(3)4)98(128)115-82(59-137-103(71-34-24-19-25-35-71,72-36-26-20-27-37-72)73-38-28-21-29-39-73)93(123)107-51-48-84(120)116-88(70-44-42-62(5)43-45-70)75-47-46-74(133-16)54-83(75)134-17/h18-29,32-39,42-47,54,60-61,78-82,87-88H,30-31,40-41,48-53,55-59,104H2,1-17H3,(H,107,123)(H,110,121)(H,111,122)(H,112,124)(H,113,126)(H,114,127)(H,115,128)(H,116,120)(H,117,125)(H3,105,108,118)(H3,106,109,119)/t78-,79-,80-,81+,82-,87-,88?/m0/s1. The van der Waals surface area contributed by atoms with Gasteiger partial charge in [-0.2, -0.15) is 0 Å². The molecule has 10 rings (SSSR count). The lowest BCUT2D eigenvalue weighted by Crippen LogP contribution is -2.61. The van der Waals surface area contributed by atoms with Crippen LogP contribution in [0, 0.1) is 71.1 Å². The Bertz CT molecular complexity index is 5920. The Morgan fingerprint density at radius 3 is 1.39 bits per heavy atom. The van der Waals surface area contributed by atoms with Crippen molar-refractivity contribution in [2.75, 3.05) is 52.7 Å². The summed E-state index contributed by atoms with van der Waals surface area (Å²) in [6.07, 6.45) is -0.409. The van der Waals surface area contributed by atoms with E-state index in [0.29, 0.717) is 91.5 Å². The van der Waals surface area contributed by atoms with Crippen LogP contribution in [0.15, 0.2) is 174 Å². The van der Waals surface area contributed by atoms with Crippen LogP contribution in [0.2, 0.25) is 0 Å². The molecule has 2 aliphatic heterocycles. The van der Waals surface area contributed by atoms with Crippen LogP contribution in [-0.2, 0) is 87.2 Å². The summed E-state index contributed by atoms with van der Waals surface area (Å²) in [7, 11) is -5.88. The summed E-state index contributed by atoms with van der Waals surface area (Å²) in [6.45, 7) is 25.0. The molecular formula is C103H134N16O17S3. The minimum atomic E-state index is -4.47. The van der Waals surface area contributed by atoms with Gasteiger partial charge in [0.25, 0.3) is 20.0 Å². The summed E-state index contributed by atoms with van der Waals surface area (Å²) in [4.78, 5) is 133. The average molecular weight is 1960 g/mol. The zero-order valence-corrected chi connectivity index (χ0v) is 84.6. The van der Waals surface area contributed by atoms with E-state index in [2.05, 4.69) is 67.9 Å². The third-order valence-electron chi connectivity index (χ3n) is 24.7. The van der Waals surface area contributed by atoms with Crippen LogP contribution >= 0.6 is 11.8 Å². The number of amides is 9. The van der Waals surface area contributed by atoms with Crippen LogP contribution in [0.1, 0.15) is 183 Å². The van der Waals surface area contributed by atoms with Crippen molar-refractivity contribution in [1.29, 1.82) is 10.8 Å². The second-order valence-electron chi connectivity index (χ2n) is 37.2. The number of hydrogen-bond acceptors (Lipinski definition) is 21. The zero-order chi connectivity index (χ0) is 102. The van der Waals surface area contributed by atoms with Crippen molar-refractivity contribution in [3.8, 4) is 23.0 Å². The van der Waals surface area contributed by atoms with Gasteiger partial charge in [-0.05, 0) is 193 Å². The van der Waals surface area contributed by atoms with E-state index < -0.39 is 162 Å². The number of rotatable bonds is 46. The molecule has 7 atom stereocenters. The highest BCUT2D eigenvalue weighted by molar-refractivity contribution is 8.00. The third-order valence-corrected chi connectivity index (χ3v) is 29.6. The van der Waals surface area contributed by atoms with Crippen molar-refractivity contribution >= 4 is 96.9 Å². The number of ether oxygens (including phenoxy) is 4. The monoisotopic (exact) mass is 1960 g/mol. The number of thioether (sulfide) groups is 1. The summed E-state index contributed by atoms with van der Waals surface area (Å²) in [6, 6.07) is 40.7. The number of carbonyl (C=O) groups excluding carboxylic acids is 9. The van der Waals surface area contributed by atoms with Gasteiger partial charge in [0.15, 0.2) is 0 Å². The summed E-state index contributed by atoms with van der Waals surface area (Å²) in [5.74, 6) is -7.52. The number of guanidine groups is 2. The first-order valence-electron chi connectivity index (χ1n) is 46.6. The van der Waals surface area contributed by atoms with Gasteiger partial charge in [-0.15, -0.1) is 11.8 Å². The number of nitrogens with one attached hydrogen (secondary N) is 15. The van der Waals surface area contributed by atoms with Crippen LogP contribution in [0.4, 0.5) is 0 Å². The van der Waals surface area contributed by atoms with Crippen LogP contribution in [-0.4, -0.2) is 182 Å². The summed E-state index contributed by atoms with van der Waals surface area (Å²) >= 11 is 1.36. The second-order valence-corrected chi connectivity index (χ2v) is 41.7. The van der Waals surface area contributed by atoms with Crippen molar-refractivity contribution in [3.05, 3.63) is 247 Å². The molecule has 36 heteroatoms. The predicted molar refractivity (Wildman–Crippen MR) is 537 cm³/mol. The second kappa shape index (κ2) is 48.0. The Labute approximate surface area is 819 Å². The lowest BCUT2D eigenvalue weighted by Gasteiger charge is -2.36. The van der Waals surface area contributed by atoms with E-state index in [0.717, 1.165) is 27.8 Å². The molecule has 8 aromatic rings. The van der Waals surface area contributed by atoms with Crippen molar-refractivity contribution in [3.63, 3.8) is 0 Å². The van der Waals surface area contributed by atoms with Gasteiger partial charge in [-0.3, -0.25) is 54.0 Å². The molecule has 0 radical (unpaired) electrons. The summed E-state index contributed by atoms with van der Waals surface area (Å²) in [5, 5.41) is 48.9. The number of hydrogen-bond donors (Lipinski definition) is 16. The highest BCUT2D eigenvalue weighted by Crippen LogP contribution is 2.50. The van der Waals surface area contributed by atoms with Gasteiger partial charge in [0.2, 0.25) is 65.1 Å². The highest BCUT2D eigenvalue weighted by atomic mass is 32.2. The first-order valence-corrected chi connectivity index (χ1v) is 50.6. The summed E-state index contributed by atoms with van der Waals surface area (Å²) < 4.78 is 85.4. The number of nitrogens with two attached hydrogens (primary N) is 1. The van der Waals surface area contributed by atoms with Gasteiger partial charge in [0.05, 0.1) is 47.9 Å². The predicted octanol–water partition coefficient (Wildman–Crippen LogP) is 9.22. The minimum Gasteiger partial charge on any atom is -0.497 e. The zero-order valence-electron chi connectivity index (χ0n) is 82.1. The Balaban J connectivity index is 0.979. The number of aryl methyl sites for hydroxylation is 1. The first-order chi connectivity index (χ1) is 65.8. The summed E-state index contributed by atoms with van der Waals surface area (Å²) in [5.41, 5.74) is 14.1. The molecule has 8 aromatic carbocycles. The molecule has 0 fully saturated rings. The molecule has 2 heterocycles. The normalized spacial score (nSPS) is 14.5. The van der Waals surface area contributed by atoms with Crippen molar-refractivity contribution < 1.29 is 78.9 Å². The third kappa shape index (κ3) is 28.2. The fraction of sp³-hybridized carbons (Fsp3) is 0.427.